The fourth-order valence-electron chi connectivity index (χ4n) is 5.20. The van der Waals surface area contributed by atoms with Crippen LogP contribution in [0.5, 0.6) is 0 Å². The summed E-state index contributed by atoms with van der Waals surface area (Å²) in [6.45, 7) is 1.43. The molecule has 0 saturated heterocycles. The smallest absolute Gasteiger partial charge is 0.188 e. The van der Waals surface area contributed by atoms with Gasteiger partial charge in [0.1, 0.15) is 13.2 Å². The molecule has 4 nitrogen and oxygen atoms in total. The first-order valence-electron chi connectivity index (χ1n) is 12.5. The van der Waals surface area contributed by atoms with Crippen LogP contribution >= 0.6 is 7.92 Å². The Morgan fingerprint density at radius 2 is 1.15 bits per heavy atom. The van der Waals surface area contributed by atoms with Crippen molar-refractivity contribution in [3.8, 4) is 0 Å². The quantitative estimate of drug-likeness (QED) is 0.437. The largest absolute Gasteiger partial charge is 0.478 e. The molecule has 5 rings (SSSR count). The van der Waals surface area contributed by atoms with Crippen LogP contribution in [0.4, 0.5) is 0 Å². The van der Waals surface area contributed by atoms with Gasteiger partial charge in [0.25, 0.3) is 0 Å². The molecule has 174 valence electrons. The third-order valence-corrected chi connectivity index (χ3v) is 9.84. The van der Waals surface area contributed by atoms with E-state index in [1.807, 2.05) is 0 Å². The molecule has 0 N–H and O–H groups in total. The number of hydrogen-bond acceptors (Lipinski definition) is 4. The summed E-state index contributed by atoms with van der Waals surface area (Å²) in [4.78, 5) is 9.99. The maximum atomic E-state index is 6.11. The van der Waals surface area contributed by atoms with Gasteiger partial charge in [0.15, 0.2) is 11.8 Å². The first-order chi connectivity index (χ1) is 16.3. The van der Waals surface area contributed by atoms with Crippen molar-refractivity contribution in [1.82, 2.24) is 0 Å². The molecule has 0 aromatic heterocycles. The third kappa shape index (κ3) is 6.44. The van der Waals surface area contributed by atoms with E-state index >= 15 is 0 Å². The minimum atomic E-state index is -0.269. The molecule has 0 amide bonds. The van der Waals surface area contributed by atoms with Crippen LogP contribution in [0.15, 0.2) is 70.6 Å². The van der Waals surface area contributed by atoms with Gasteiger partial charge >= 0.3 is 0 Å². The number of hydrogen-bond donors (Lipinski definition) is 0. The van der Waals surface area contributed by atoms with Gasteiger partial charge < -0.3 is 9.47 Å². The molecule has 1 fully saturated rings. The molecule has 0 radical (unpaired) electrons. The van der Waals surface area contributed by atoms with Crippen LogP contribution in [0.3, 0.4) is 0 Å². The van der Waals surface area contributed by atoms with Crippen molar-refractivity contribution in [3.63, 3.8) is 0 Å². The summed E-state index contributed by atoms with van der Waals surface area (Å²) in [6.07, 6.45) is 10.7. The zero-order valence-corrected chi connectivity index (χ0v) is 20.3. The van der Waals surface area contributed by atoms with Crippen molar-refractivity contribution < 1.29 is 9.47 Å². The predicted octanol–water partition coefficient (Wildman–Crippen LogP) is 5.88. The minimum absolute atomic E-state index is 0.251. The van der Waals surface area contributed by atoms with Crippen molar-refractivity contribution in [2.24, 2.45) is 9.98 Å². The lowest BCUT2D eigenvalue weighted by molar-refractivity contribution is 0.313. The van der Waals surface area contributed by atoms with Crippen molar-refractivity contribution in [2.75, 3.05) is 25.5 Å². The highest BCUT2D eigenvalue weighted by Crippen LogP contribution is 2.48. The molecule has 33 heavy (non-hydrogen) atoms. The van der Waals surface area contributed by atoms with Gasteiger partial charge in [0.2, 0.25) is 0 Å². The van der Waals surface area contributed by atoms with Gasteiger partial charge in [-0.05, 0) is 42.5 Å². The zero-order chi connectivity index (χ0) is 22.3. The fraction of sp³-hybridized carbons (Fsp3) is 0.500. The first-order valence-corrected chi connectivity index (χ1v) is 14.3. The molecular formula is C28H35N2O2P. The Hall–Kier alpha value is -2.19. The molecule has 3 aliphatic rings. The topological polar surface area (TPSA) is 43.2 Å². The second kappa shape index (κ2) is 11.3. The molecule has 1 saturated carbocycles. The summed E-state index contributed by atoms with van der Waals surface area (Å²) in [7, 11) is -0.269. The van der Waals surface area contributed by atoms with E-state index in [0.29, 0.717) is 13.2 Å². The van der Waals surface area contributed by atoms with Crippen LogP contribution in [0.1, 0.15) is 43.2 Å². The minimum Gasteiger partial charge on any atom is -0.478 e. The molecule has 2 aromatic carbocycles. The molecule has 0 bridgehead atoms. The molecule has 3 atom stereocenters. The van der Waals surface area contributed by atoms with Gasteiger partial charge in [-0.1, -0.05) is 87.8 Å². The Morgan fingerprint density at radius 1 is 0.667 bits per heavy atom. The van der Waals surface area contributed by atoms with E-state index in [4.69, 9.17) is 19.5 Å². The highest BCUT2D eigenvalue weighted by atomic mass is 31.1. The summed E-state index contributed by atoms with van der Waals surface area (Å²) >= 11 is 0. The average molecular weight is 463 g/mol. The lowest BCUT2D eigenvalue weighted by atomic mass is 10.0. The van der Waals surface area contributed by atoms with Crippen LogP contribution in [0.2, 0.25) is 0 Å². The van der Waals surface area contributed by atoms with E-state index in [0.717, 1.165) is 42.6 Å². The maximum absolute atomic E-state index is 6.11. The Balaban J connectivity index is 1.22. The Labute approximate surface area is 199 Å². The van der Waals surface area contributed by atoms with Gasteiger partial charge in [-0.25, -0.2) is 9.98 Å². The average Bonchev–Trinajstić information content (AvgIpc) is 3.50. The molecule has 5 heteroatoms. The van der Waals surface area contributed by atoms with Crippen molar-refractivity contribution in [3.05, 3.63) is 71.8 Å². The summed E-state index contributed by atoms with van der Waals surface area (Å²) in [6, 6.07) is 21.8. The van der Waals surface area contributed by atoms with E-state index < -0.39 is 0 Å². The van der Waals surface area contributed by atoms with Crippen LogP contribution < -0.4 is 0 Å². The summed E-state index contributed by atoms with van der Waals surface area (Å²) in [5, 5.41) is 0. The molecule has 2 aliphatic heterocycles. The van der Waals surface area contributed by atoms with E-state index in [-0.39, 0.29) is 20.0 Å². The van der Waals surface area contributed by atoms with Gasteiger partial charge in [-0.3, -0.25) is 0 Å². The Morgan fingerprint density at radius 3 is 1.64 bits per heavy atom. The standard InChI is InChI=1S/C28H35N2O2P/c1-4-10-22(11-5-1)16-24-18-31-27(29-24)20-33(26-14-8-3-9-15-26)21-28-30-25(19-32-28)17-23-12-6-2-7-13-23/h1-2,4-7,10-13,24-26H,3,8-9,14-21H2/t24-,25+,33?. The van der Waals surface area contributed by atoms with Gasteiger partial charge in [0, 0.05) is 12.3 Å². The molecule has 0 spiro atoms. The monoisotopic (exact) mass is 462 g/mol. The number of rotatable bonds is 9. The summed E-state index contributed by atoms with van der Waals surface area (Å²) in [5.74, 6) is 1.96. The van der Waals surface area contributed by atoms with Crippen LogP contribution in [0.25, 0.3) is 0 Å². The molecule has 1 unspecified atom stereocenters. The fourth-order valence-corrected chi connectivity index (χ4v) is 7.97. The highest BCUT2D eigenvalue weighted by molar-refractivity contribution is 7.60. The van der Waals surface area contributed by atoms with E-state index in [1.165, 1.54) is 43.2 Å². The SMILES string of the molecule is c1ccc(C[C@H]2COC(CP(CC3=N[C@H](Cc4ccccc4)CO3)C3CCCCC3)=N2)cc1. The predicted molar refractivity (Wildman–Crippen MR) is 138 cm³/mol. The zero-order valence-electron chi connectivity index (χ0n) is 19.4. The van der Waals surface area contributed by atoms with Crippen LogP contribution in [-0.4, -0.2) is 55.1 Å². The third-order valence-electron chi connectivity index (χ3n) is 6.93. The van der Waals surface area contributed by atoms with E-state index in [2.05, 4.69) is 60.7 Å². The van der Waals surface area contributed by atoms with Crippen molar-refractivity contribution in [2.45, 2.75) is 62.7 Å². The summed E-state index contributed by atoms with van der Waals surface area (Å²) < 4.78 is 12.2. The lowest BCUT2D eigenvalue weighted by Gasteiger charge is -2.30. The maximum Gasteiger partial charge on any atom is 0.188 e. The van der Waals surface area contributed by atoms with Crippen molar-refractivity contribution >= 4 is 19.7 Å². The Bertz CT molecular complexity index is 871. The van der Waals surface area contributed by atoms with Gasteiger partial charge in [-0.15, -0.1) is 0 Å². The van der Waals surface area contributed by atoms with Crippen LogP contribution in [-0.2, 0) is 22.3 Å². The van der Waals surface area contributed by atoms with Crippen molar-refractivity contribution in [1.29, 1.82) is 0 Å². The van der Waals surface area contributed by atoms with Gasteiger partial charge in [0.05, 0.1) is 12.1 Å². The molecule has 2 heterocycles. The lowest BCUT2D eigenvalue weighted by Crippen LogP contribution is -2.20. The molecule has 1 aliphatic carbocycles. The second-order valence-corrected chi connectivity index (χ2v) is 12.1. The second-order valence-electron chi connectivity index (χ2n) is 9.55. The normalized spacial score (nSPS) is 24.0. The van der Waals surface area contributed by atoms with Crippen LogP contribution in [0, 0.1) is 0 Å². The number of ether oxygens (including phenoxy) is 2. The van der Waals surface area contributed by atoms with E-state index in [1.54, 1.807) is 0 Å². The summed E-state index contributed by atoms with van der Waals surface area (Å²) in [5.41, 5.74) is 3.46. The molecule has 2 aromatic rings. The van der Waals surface area contributed by atoms with Gasteiger partial charge in [-0.2, -0.15) is 0 Å². The number of benzene rings is 2. The number of aliphatic imine (C=N–C) groups is 2. The highest BCUT2D eigenvalue weighted by Gasteiger charge is 2.31. The first kappa shape index (κ1) is 22.6. The molecular weight excluding hydrogens is 427 g/mol. The Kier molecular flexibility index (Phi) is 7.73. The van der Waals surface area contributed by atoms with E-state index in [9.17, 15) is 0 Å². The number of nitrogens with zero attached hydrogens (tertiary/aromatic N) is 2.